The van der Waals surface area contributed by atoms with E-state index in [1.807, 2.05) is 13.8 Å². The first-order chi connectivity index (χ1) is 9.91. The number of hydrogen-bond donors (Lipinski definition) is 1. The Morgan fingerprint density at radius 3 is 2.76 bits per heavy atom. The molecule has 0 bridgehead atoms. The number of nitro groups is 1. The summed E-state index contributed by atoms with van der Waals surface area (Å²) in [7, 11) is 0. The zero-order valence-electron chi connectivity index (χ0n) is 11.4. The third kappa shape index (κ3) is 3.03. The summed E-state index contributed by atoms with van der Waals surface area (Å²) < 4.78 is 1.63. The maximum Gasteiger partial charge on any atom is 0.288 e. The SMILES string of the molecule is CC(C)n1nccc1NC(=O)c1cccc([N+](=O)[O-])c1Cl. The third-order valence-electron chi connectivity index (χ3n) is 2.82. The molecular formula is C13H13ClN4O3. The second-order valence-electron chi connectivity index (χ2n) is 4.60. The van der Waals surface area contributed by atoms with Crippen LogP contribution >= 0.6 is 11.6 Å². The molecule has 0 atom stereocenters. The van der Waals surface area contributed by atoms with Crippen molar-refractivity contribution in [2.75, 3.05) is 5.32 Å². The Morgan fingerprint density at radius 2 is 2.14 bits per heavy atom. The number of nitro benzene ring substituents is 1. The van der Waals surface area contributed by atoms with Gasteiger partial charge in [-0.3, -0.25) is 14.9 Å². The quantitative estimate of drug-likeness (QED) is 0.693. The predicted octanol–water partition coefficient (Wildman–Crippen LogP) is 3.28. The lowest BCUT2D eigenvalue weighted by molar-refractivity contribution is -0.384. The zero-order chi connectivity index (χ0) is 15.6. The van der Waals surface area contributed by atoms with Crippen LogP contribution in [0.3, 0.4) is 0 Å². The summed E-state index contributed by atoms with van der Waals surface area (Å²) in [5, 5.41) is 17.4. The van der Waals surface area contributed by atoms with Gasteiger partial charge in [0, 0.05) is 18.2 Å². The van der Waals surface area contributed by atoms with Gasteiger partial charge in [-0.05, 0) is 19.9 Å². The predicted molar refractivity (Wildman–Crippen MR) is 78.7 cm³/mol. The molecule has 0 aliphatic heterocycles. The van der Waals surface area contributed by atoms with Gasteiger partial charge in [-0.25, -0.2) is 4.68 Å². The number of amides is 1. The summed E-state index contributed by atoms with van der Waals surface area (Å²) in [6.07, 6.45) is 1.56. The Morgan fingerprint density at radius 1 is 1.43 bits per heavy atom. The molecule has 1 N–H and O–H groups in total. The van der Waals surface area contributed by atoms with E-state index in [-0.39, 0.29) is 22.3 Å². The number of carbonyl (C=O) groups excluding carboxylic acids is 1. The average Bonchev–Trinajstić information content (AvgIpc) is 2.86. The summed E-state index contributed by atoms with van der Waals surface area (Å²) >= 11 is 5.92. The molecule has 0 aliphatic carbocycles. The highest BCUT2D eigenvalue weighted by Gasteiger charge is 2.20. The van der Waals surface area contributed by atoms with E-state index >= 15 is 0 Å². The van der Waals surface area contributed by atoms with Gasteiger partial charge < -0.3 is 5.32 Å². The zero-order valence-corrected chi connectivity index (χ0v) is 12.2. The van der Waals surface area contributed by atoms with E-state index in [1.54, 1.807) is 16.9 Å². The molecule has 110 valence electrons. The van der Waals surface area contributed by atoms with Gasteiger partial charge in [0.2, 0.25) is 0 Å². The van der Waals surface area contributed by atoms with Gasteiger partial charge in [-0.2, -0.15) is 5.10 Å². The number of halogens is 1. The monoisotopic (exact) mass is 308 g/mol. The van der Waals surface area contributed by atoms with Gasteiger partial charge in [-0.1, -0.05) is 17.7 Å². The number of aromatic nitrogens is 2. The lowest BCUT2D eigenvalue weighted by Crippen LogP contribution is -2.17. The van der Waals surface area contributed by atoms with Crippen molar-refractivity contribution in [3.05, 3.63) is 51.2 Å². The van der Waals surface area contributed by atoms with E-state index in [0.29, 0.717) is 5.82 Å². The van der Waals surface area contributed by atoms with E-state index in [4.69, 9.17) is 11.6 Å². The van der Waals surface area contributed by atoms with Crippen molar-refractivity contribution in [2.45, 2.75) is 19.9 Å². The molecule has 0 spiro atoms. The fourth-order valence-corrected chi connectivity index (χ4v) is 2.13. The Bertz CT molecular complexity index is 696. The van der Waals surface area contributed by atoms with Crippen molar-refractivity contribution in [2.24, 2.45) is 0 Å². The smallest absolute Gasteiger partial charge is 0.288 e. The molecule has 21 heavy (non-hydrogen) atoms. The van der Waals surface area contributed by atoms with Gasteiger partial charge in [0.15, 0.2) is 0 Å². The summed E-state index contributed by atoms with van der Waals surface area (Å²) in [5.74, 6) is -0.0244. The Hall–Kier alpha value is -2.41. The van der Waals surface area contributed by atoms with Gasteiger partial charge in [0.05, 0.1) is 16.7 Å². The molecule has 0 unspecified atom stereocenters. The van der Waals surface area contributed by atoms with E-state index in [9.17, 15) is 14.9 Å². The number of anilines is 1. The van der Waals surface area contributed by atoms with Crippen LogP contribution < -0.4 is 5.32 Å². The Labute approximate surface area is 125 Å². The molecule has 8 heteroatoms. The first-order valence-corrected chi connectivity index (χ1v) is 6.57. The molecule has 0 aliphatic rings. The summed E-state index contributed by atoms with van der Waals surface area (Å²) in [6.45, 7) is 3.84. The molecule has 1 amide bonds. The molecule has 0 saturated heterocycles. The standard InChI is InChI=1S/C13H13ClN4O3/c1-8(2)17-11(6-7-15-17)16-13(19)9-4-3-5-10(12(9)14)18(20)21/h3-8H,1-2H3,(H,16,19). The summed E-state index contributed by atoms with van der Waals surface area (Å²) in [5.41, 5.74) is -0.260. The maximum atomic E-state index is 12.2. The fraction of sp³-hybridized carbons (Fsp3) is 0.231. The number of hydrogen-bond acceptors (Lipinski definition) is 4. The van der Waals surface area contributed by atoms with Crippen LogP contribution in [0.25, 0.3) is 0 Å². The highest BCUT2D eigenvalue weighted by atomic mass is 35.5. The normalized spacial score (nSPS) is 10.7. The van der Waals surface area contributed by atoms with Crippen LogP contribution in [-0.2, 0) is 0 Å². The molecule has 0 saturated carbocycles. The topological polar surface area (TPSA) is 90.1 Å². The first kappa shape index (κ1) is 15.0. The van der Waals surface area contributed by atoms with Gasteiger partial charge in [0.1, 0.15) is 10.8 Å². The average molecular weight is 309 g/mol. The number of carbonyl (C=O) groups is 1. The second kappa shape index (κ2) is 5.92. The van der Waals surface area contributed by atoms with E-state index in [1.165, 1.54) is 18.2 Å². The molecule has 1 heterocycles. The van der Waals surface area contributed by atoms with Crippen molar-refractivity contribution in [1.82, 2.24) is 9.78 Å². The fourth-order valence-electron chi connectivity index (χ4n) is 1.84. The van der Waals surface area contributed by atoms with Gasteiger partial charge in [0.25, 0.3) is 11.6 Å². The lowest BCUT2D eigenvalue weighted by atomic mass is 10.2. The molecule has 1 aromatic carbocycles. The molecule has 0 radical (unpaired) electrons. The maximum absolute atomic E-state index is 12.2. The highest BCUT2D eigenvalue weighted by molar-refractivity contribution is 6.36. The number of rotatable bonds is 4. The Kier molecular flexibility index (Phi) is 4.23. The molecule has 1 aromatic heterocycles. The van der Waals surface area contributed by atoms with Gasteiger partial charge in [-0.15, -0.1) is 0 Å². The molecule has 0 fully saturated rings. The van der Waals surface area contributed by atoms with Crippen LogP contribution in [-0.4, -0.2) is 20.6 Å². The van der Waals surface area contributed by atoms with Crippen LogP contribution in [0.2, 0.25) is 5.02 Å². The van der Waals surface area contributed by atoms with Crippen molar-refractivity contribution >= 4 is 29.0 Å². The van der Waals surface area contributed by atoms with E-state index < -0.39 is 10.8 Å². The van der Waals surface area contributed by atoms with Crippen LogP contribution in [0.15, 0.2) is 30.5 Å². The van der Waals surface area contributed by atoms with E-state index in [2.05, 4.69) is 10.4 Å². The minimum atomic E-state index is -0.627. The molecule has 2 rings (SSSR count). The van der Waals surface area contributed by atoms with Crippen molar-refractivity contribution in [3.63, 3.8) is 0 Å². The largest absolute Gasteiger partial charge is 0.307 e. The minimum Gasteiger partial charge on any atom is -0.307 e. The van der Waals surface area contributed by atoms with Crippen molar-refractivity contribution in [1.29, 1.82) is 0 Å². The summed E-state index contributed by atoms with van der Waals surface area (Å²) in [6, 6.07) is 5.80. The molecular weight excluding hydrogens is 296 g/mol. The highest BCUT2D eigenvalue weighted by Crippen LogP contribution is 2.28. The number of benzene rings is 1. The van der Waals surface area contributed by atoms with Crippen molar-refractivity contribution < 1.29 is 9.72 Å². The van der Waals surface area contributed by atoms with Gasteiger partial charge >= 0.3 is 0 Å². The minimum absolute atomic E-state index is 0.0439. The molecule has 7 nitrogen and oxygen atoms in total. The van der Waals surface area contributed by atoms with Crippen LogP contribution in [0.4, 0.5) is 11.5 Å². The van der Waals surface area contributed by atoms with Crippen LogP contribution in [0, 0.1) is 10.1 Å². The summed E-state index contributed by atoms with van der Waals surface area (Å²) in [4.78, 5) is 22.4. The van der Waals surface area contributed by atoms with Crippen LogP contribution in [0.5, 0.6) is 0 Å². The second-order valence-corrected chi connectivity index (χ2v) is 4.98. The first-order valence-electron chi connectivity index (χ1n) is 6.19. The number of nitrogens with one attached hydrogen (secondary N) is 1. The Balaban J connectivity index is 2.31. The number of nitrogens with zero attached hydrogens (tertiary/aromatic N) is 3. The van der Waals surface area contributed by atoms with Crippen LogP contribution in [0.1, 0.15) is 30.2 Å². The lowest BCUT2D eigenvalue weighted by Gasteiger charge is -2.12. The molecule has 2 aromatic rings. The van der Waals surface area contributed by atoms with E-state index in [0.717, 1.165) is 0 Å². The van der Waals surface area contributed by atoms with Crippen molar-refractivity contribution in [3.8, 4) is 0 Å². The third-order valence-corrected chi connectivity index (χ3v) is 3.22.